The lowest BCUT2D eigenvalue weighted by atomic mass is 10.0. The van der Waals surface area contributed by atoms with E-state index in [1.165, 1.54) is 16.8 Å². The lowest BCUT2D eigenvalue weighted by Crippen LogP contribution is -2.51. The molecule has 2 atom stereocenters. The molecular formula is C22H22F2N4O4. The number of benzene rings is 1. The number of pyridine rings is 1. The second-order valence-corrected chi connectivity index (χ2v) is 8.47. The number of nitrogens with zero attached hydrogens (tertiary/aromatic N) is 3. The van der Waals surface area contributed by atoms with Crippen molar-refractivity contribution in [3.63, 3.8) is 0 Å². The highest BCUT2D eigenvalue weighted by Gasteiger charge is 2.47. The van der Waals surface area contributed by atoms with Gasteiger partial charge in [0.2, 0.25) is 5.43 Å². The molecule has 0 unspecified atom stereocenters. The van der Waals surface area contributed by atoms with E-state index in [4.69, 9.17) is 0 Å². The van der Waals surface area contributed by atoms with Gasteiger partial charge in [-0.25, -0.2) is 8.78 Å². The van der Waals surface area contributed by atoms with E-state index in [9.17, 15) is 28.3 Å². The lowest BCUT2D eigenvalue weighted by Gasteiger charge is -2.38. The Bertz CT molecular complexity index is 1180. The smallest absolute Gasteiger partial charge is 0.275 e. The molecule has 3 aliphatic rings. The molecule has 0 spiro atoms. The minimum atomic E-state index is -0.961. The van der Waals surface area contributed by atoms with Gasteiger partial charge in [0, 0.05) is 43.5 Å². The first-order valence-electron chi connectivity index (χ1n) is 10.6. The standard InChI is InChI=1S/C22H22F2N4O4/c23-13-5-4-12(16(24)7-13)8-25-21(31)15-10-26-11-17-27-6-2-1-3-14(27)9-28(17)22(32)18(26)20(30)19(15)29/h4-5,7,10,14,17,30H,1-3,6,8-9,11H2,(H,25,31)/t14-,17-/m1/s1. The average Bonchev–Trinajstić information content (AvgIpc) is 3.14. The number of rotatable bonds is 3. The number of piperidine rings is 1. The van der Waals surface area contributed by atoms with Gasteiger partial charge >= 0.3 is 0 Å². The van der Waals surface area contributed by atoms with E-state index in [1.54, 1.807) is 4.90 Å². The van der Waals surface area contributed by atoms with Gasteiger partial charge in [-0.3, -0.25) is 19.3 Å². The number of fused-ring (bicyclic) bond motifs is 4. The van der Waals surface area contributed by atoms with Gasteiger partial charge in [-0.05, 0) is 18.9 Å². The Morgan fingerprint density at radius 3 is 2.78 bits per heavy atom. The molecule has 2 fully saturated rings. The highest BCUT2D eigenvalue weighted by molar-refractivity contribution is 5.99. The predicted octanol–water partition coefficient (Wildman–Crippen LogP) is 1.41. The third-order valence-electron chi connectivity index (χ3n) is 6.60. The number of aromatic hydroxyl groups is 1. The van der Waals surface area contributed by atoms with Gasteiger partial charge in [0.15, 0.2) is 11.4 Å². The monoisotopic (exact) mass is 444 g/mol. The van der Waals surface area contributed by atoms with E-state index in [1.807, 2.05) is 0 Å². The molecule has 0 radical (unpaired) electrons. The van der Waals surface area contributed by atoms with Crippen LogP contribution in [0.1, 0.15) is 45.7 Å². The molecule has 0 bridgehead atoms. The van der Waals surface area contributed by atoms with Gasteiger partial charge in [-0.1, -0.05) is 12.5 Å². The Hall–Kier alpha value is -3.27. The quantitative estimate of drug-likeness (QED) is 0.747. The van der Waals surface area contributed by atoms with Crippen LogP contribution in [-0.4, -0.2) is 56.6 Å². The summed E-state index contributed by atoms with van der Waals surface area (Å²) in [6.45, 7) is 1.50. The minimum Gasteiger partial charge on any atom is -0.503 e. The molecule has 168 valence electrons. The Balaban J connectivity index is 1.43. The summed E-state index contributed by atoms with van der Waals surface area (Å²) in [7, 11) is 0. The number of aromatic nitrogens is 1. The van der Waals surface area contributed by atoms with Crippen LogP contribution in [-0.2, 0) is 13.1 Å². The van der Waals surface area contributed by atoms with Crippen molar-refractivity contribution in [2.24, 2.45) is 0 Å². The van der Waals surface area contributed by atoms with Gasteiger partial charge in [0.05, 0.1) is 6.54 Å². The SMILES string of the molecule is O=C(NCc1ccc(F)cc1F)c1cn2c(c(O)c1=O)C(=O)N1C[C@H]3CCCCN3[C@H]1C2. The van der Waals surface area contributed by atoms with Crippen molar-refractivity contribution < 1.29 is 23.5 Å². The average molecular weight is 444 g/mol. The Morgan fingerprint density at radius 2 is 2.00 bits per heavy atom. The summed E-state index contributed by atoms with van der Waals surface area (Å²) in [4.78, 5) is 42.4. The van der Waals surface area contributed by atoms with Gasteiger partial charge in [0.1, 0.15) is 23.4 Å². The molecular weight excluding hydrogens is 422 g/mol. The first-order valence-corrected chi connectivity index (χ1v) is 10.6. The van der Waals surface area contributed by atoms with Crippen LogP contribution in [0.3, 0.4) is 0 Å². The van der Waals surface area contributed by atoms with Crippen LogP contribution in [0.15, 0.2) is 29.2 Å². The van der Waals surface area contributed by atoms with Crippen molar-refractivity contribution in [2.75, 3.05) is 13.1 Å². The molecule has 2 saturated heterocycles. The fourth-order valence-electron chi connectivity index (χ4n) is 4.99. The predicted molar refractivity (Wildman–Crippen MR) is 109 cm³/mol. The fourth-order valence-corrected chi connectivity index (χ4v) is 4.99. The molecule has 5 rings (SSSR count). The van der Waals surface area contributed by atoms with Crippen LogP contribution in [0.2, 0.25) is 0 Å². The number of nitrogens with one attached hydrogen (secondary N) is 1. The van der Waals surface area contributed by atoms with Gasteiger partial charge in [0.25, 0.3) is 11.8 Å². The molecule has 2 amide bonds. The topological polar surface area (TPSA) is 94.9 Å². The first kappa shape index (κ1) is 20.6. The van der Waals surface area contributed by atoms with Crippen LogP contribution >= 0.6 is 0 Å². The van der Waals surface area contributed by atoms with Gasteiger partial charge < -0.3 is 19.9 Å². The Labute approximate surface area is 182 Å². The Kier molecular flexibility index (Phi) is 4.96. The van der Waals surface area contributed by atoms with E-state index in [-0.39, 0.29) is 35.6 Å². The highest BCUT2D eigenvalue weighted by atomic mass is 19.1. The van der Waals surface area contributed by atoms with Crippen molar-refractivity contribution in [1.82, 2.24) is 19.7 Å². The van der Waals surface area contributed by atoms with E-state index in [0.29, 0.717) is 19.2 Å². The highest BCUT2D eigenvalue weighted by Crippen LogP contribution is 2.34. The van der Waals surface area contributed by atoms with E-state index >= 15 is 0 Å². The number of amides is 2. The lowest BCUT2D eigenvalue weighted by molar-refractivity contribution is 0.0451. The number of carbonyl (C=O) groups is 2. The van der Waals surface area contributed by atoms with Crippen LogP contribution in [0.5, 0.6) is 5.75 Å². The summed E-state index contributed by atoms with van der Waals surface area (Å²) in [5.41, 5.74) is -1.37. The number of carbonyl (C=O) groups excluding carboxylic acids is 2. The van der Waals surface area contributed by atoms with Crippen molar-refractivity contribution in [3.05, 3.63) is 63.1 Å². The van der Waals surface area contributed by atoms with E-state index in [0.717, 1.165) is 31.9 Å². The normalized spacial score (nSPS) is 22.3. The zero-order chi connectivity index (χ0) is 22.6. The van der Waals surface area contributed by atoms with Crippen LogP contribution in [0, 0.1) is 11.6 Å². The zero-order valence-corrected chi connectivity index (χ0v) is 17.2. The van der Waals surface area contributed by atoms with Crippen molar-refractivity contribution in [2.45, 2.75) is 44.6 Å². The zero-order valence-electron chi connectivity index (χ0n) is 17.2. The van der Waals surface area contributed by atoms with Gasteiger partial charge in [-0.15, -0.1) is 0 Å². The molecule has 1 aromatic heterocycles. The molecule has 2 aromatic rings. The summed E-state index contributed by atoms with van der Waals surface area (Å²) in [5, 5.41) is 12.9. The maximum absolute atomic E-state index is 13.8. The van der Waals surface area contributed by atoms with E-state index < -0.39 is 34.6 Å². The second-order valence-electron chi connectivity index (χ2n) is 8.47. The van der Waals surface area contributed by atoms with Crippen molar-refractivity contribution in [1.29, 1.82) is 0 Å². The molecule has 8 nitrogen and oxygen atoms in total. The molecule has 10 heteroatoms. The third-order valence-corrected chi connectivity index (χ3v) is 6.60. The van der Waals surface area contributed by atoms with Crippen molar-refractivity contribution in [3.8, 4) is 5.75 Å². The number of hydrogen-bond acceptors (Lipinski definition) is 5. The van der Waals surface area contributed by atoms with E-state index in [2.05, 4.69) is 10.2 Å². The third kappa shape index (κ3) is 3.26. The molecule has 3 aliphatic heterocycles. The molecule has 2 N–H and O–H groups in total. The van der Waals surface area contributed by atoms with Crippen LogP contribution < -0.4 is 10.7 Å². The van der Waals surface area contributed by atoms with Crippen molar-refractivity contribution >= 4 is 11.8 Å². The summed E-state index contributed by atoms with van der Waals surface area (Å²) in [6.07, 6.45) is 4.23. The minimum absolute atomic E-state index is 0.0509. The molecule has 4 heterocycles. The summed E-state index contributed by atoms with van der Waals surface area (Å²) >= 11 is 0. The first-order chi connectivity index (χ1) is 15.3. The second kappa shape index (κ2) is 7.70. The summed E-state index contributed by atoms with van der Waals surface area (Å²) in [6, 6.07) is 3.23. The molecule has 32 heavy (non-hydrogen) atoms. The van der Waals surface area contributed by atoms with Gasteiger partial charge in [-0.2, -0.15) is 0 Å². The fraction of sp³-hybridized carbons (Fsp3) is 0.409. The molecule has 1 aromatic carbocycles. The summed E-state index contributed by atoms with van der Waals surface area (Å²) in [5.74, 6) is -3.57. The maximum atomic E-state index is 13.8. The maximum Gasteiger partial charge on any atom is 0.275 e. The Morgan fingerprint density at radius 1 is 1.19 bits per heavy atom. The molecule has 0 aliphatic carbocycles. The largest absolute Gasteiger partial charge is 0.503 e. The van der Waals surface area contributed by atoms with Crippen LogP contribution in [0.4, 0.5) is 8.78 Å². The summed E-state index contributed by atoms with van der Waals surface area (Å²) < 4.78 is 28.4. The molecule has 0 saturated carbocycles. The van der Waals surface area contributed by atoms with Crippen LogP contribution in [0.25, 0.3) is 0 Å². The number of hydrogen-bond donors (Lipinski definition) is 2. The number of halogens is 2.